The molecule has 2 saturated heterocycles. The Hall–Kier alpha value is -1.75. The Bertz CT molecular complexity index is 939. The molecule has 0 spiro atoms. The average molecular weight is 572 g/mol. The normalized spacial score (nSPS) is 41.4. The van der Waals surface area contributed by atoms with Gasteiger partial charge in [-0.2, -0.15) is 0 Å². The number of benzene rings is 1. The first-order valence-electron chi connectivity index (χ1n) is 13.7. The maximum absolute atomic E-state index is 12.0. The molecule has 3 aliphatic rings. The molecule has 1 aliphatic carbocycles. The van der Waals surface area contributed by atoms with Gasteiger partial charge in [0.2, 0.25) is 0 Å². The van der Waals surface area contributed by atoms with Crippen molar-refractivity contribution < 1.29 is 59.1 Å². The molecule has 1 aromatic rings. The molecule has 226 valence electrons. The van der Waals surface area contributed by atoms with E-state index >= 15 is 0 Å². The molecule has 3 fully saturated rings. The van der Waals surface area contributed by atoms with Crippen LogP contribution in [0.2, 0.25) is 0 Å². The molecule has 13 heteroatoms. The number of carbonyl (C=O) groups is 1. The third-order valence-electron chi connectivity index (χ3n) is 7.80. The summed E-state index contributed by atoms with van der Waals surface area (Å²) in [5.41, 5.74) is 6.51. The van der Waals surface area contributed by atoms with Crippen LogP contribution in [0.15, 0.2) is 30.3 Å². The highest BCUT2D eigenvalue weighted by Gasteiger charge is 2.49. The van der Waals surface area contributed by atoms with Crippen LogP contribution in [-0.2, 0) is 34.9 Å². The van der Waals surface area contributed by atoms with Crippen LogP contribution in [0.4, 0.5) is 0 Å². The van der Waals surface area contributed by atoms with E-state index in [2.05, 4.69) is 0 Å². The molecule has 1 aromatic carbocycles. The first-order chi connectivity index (χ1) is 19.1. The van der Waals surface area contributed by atoms with Crippen molar-refractivity contribution in [3.8, 4) is 0 Å². The van der Waals surface area contributed by atoms with Crippen molar-refractivity contribution in [3.63, 3.8) is 0 Å². The van der Waals surface area contributed by atoms with Crippen molar-refractivity contribution in [3.05, 3.63) is 35.9 Å². The molecule has 13 nitrogen and oxygen atoms in total. The first kappa shape index (κ1) is 31.2. The summed E-state index contributed by atoms with van der Waals surface area (Å²) in [4.78, 5) is 12.0. The molecule has 0 radical (unpaired) electrons. The van der Waals surface area contributed by atoms with E-state index in [0.29, 0.717) is 18.4 Å². The van der Waals surface area contributed by atoms with Gasteiger partial charge in [0.1, 0.15) is 42.7 Å². The third kappa shape index (κ3) is 7.17. The van der Waals surface area contributed by atoms with Gasteiger partial charge >= 0.3 is 5.97 Å². The third-order valence-corrected chi connectivity index (χ3v) is 7.80. The van der Waals surface area contributed by atoms with Crippen molar-refractivity contribution >= 4 is 5.97 Å². The lowest BCUT2D eigenvalue weighted by atomic mass is 9.93. The second-order valence-electron chi connectivity index (χ2n) is 10.7. The number of aliphatic hydroxyl groups excluding tert-OH is 5. The summed E-state index contributed by atoms with van der Waals surface area (Å²) >= 11 is 0. The van der Waals surface area contributed by atoms with Crippen LogP contribution in [0.1, 0.15) is 38.2 Å². The van der Waals surface area contributed by atoms with Crippen molar-refractivity contribution in [2.75, 3.05) is 6.54 Å². The predicted octanol–water partition coefficient (Wildman–Crippen LogP) is -1.36. The summed E-state index contributed by atoms with van der Waals surface area (Å²) in [6.07, 6.45) is -12.9. The summed E-state index contributed by atoms with van der Waals surface area (Å²) in [5, 5.41) is 62.3. The average Bonchev–Trinajstić information content (AvgIpc) is 2.95. The van der Waals surface area contributed by atoms with Crippen molar-refractivity contribution in [1.29, 1.82) is 0 Å². The Kier molecular flexibility index (Phi) is 10.9. The fourth-order valence-electron chi connectivity index (χ4n) is 5.43. The highest BCUT2D eigenvalue weighted by Crippen LogP contribution is 2.33. The lowest BCUT2D eigenvalue weighted by Crippen LogP contribution is -2.63. The van der Waals surface area contributed by atoms with Crippen molar-refractivity contribution in [2.24, 2.45) is 5.73 Å². The standard InChI is InChI=1S/C27H41NO12/c1-13-19(29)21(31)22(32)26(36-13)38-15-9-5-6-10-16(15)39-27-23(33)24(20(30)18(12-28)40-27)37-17(25(34)35)11-14-7-3-2-4-8-14/h2-4,7-8,13,15-24,26-27,29-33H,5-6,9-12,28H2,1H3,(H,34,35)/t13?,15?,16?,17-,18?,19?,20?,21?,22?,23?,24?,26?,27?/m0/s1. The molecule has 0 amide bonds. The van der Waals surface area contributed by atoms with Crippen molar-refractivity contribution in [2.45, 2.75) is 119 Å². The van der Waals surface area contributed by atoms with E-state index in [1.54, 1.807) is 37.3 Å². The lowest BCUT2D eigenvalue weighted by Gasteiger charge is -2.46. The zero-order valence-electron chi connectivity index (χ0n) is 22.3. The van der Waals surface area contributed by atoms with Gasteiger partial charge in [0, 0.05) is 13.0 Å². The van der Waals surface area contributed by atoms with Gasteiger partial charge in [0.25, 0.3) is 0 Å². The summed E-state index contributed by atoms with van der Waals surface area (Å²) in [6.45, 7) is 1.41. The number of rotatable bonds is 10. The molecule has 0 bridgehead atoms. The van der Waals surface area contributed by atoms with Crippen LogP contribution in [0.25, 0.3) is 0 Å². The van der Waals surface area contributed by atoms with Gasteiger partial charge in [-0.1, -0.05) is 43.2 Å². The molecule has 12 unspecified atom stereocenters. The first-order valence-corrected chi connectivity index (χ1v) is 13.7. The van der Waals surface area contributed by atoms with Crippen LogP contribution < -0.4 is 5.73 Å². The van der Waals surface area contributed by atoms with Gasteiger partial charge < -0.3 is 60.1 Å². The number of carboxylic acids is 1. The molecule has 8 N–H and O–H groups in total. The maximum Gasteiger partial charge on any atom is 0.333 e. The minimum atomic E-state index is -1.56. The van der Waals surface area contributed by atoms with E-state index in [-0.39, 0.29) is 13.0 Å². The monoisotopic (exact) mass is 571 g/mol. The Labute approximate surface area is 232 Å². The van der Waals surface area contributed by atoms with E-state index in [4.69, 9.17) is 29.4 Å². The number of ether oxygens (including phenoxy) is 5. The Morgan fingerprint density at radius 3 is 2.08 bits per heavy atom. The smallest absolute Gasteiger partial charge is 0.333 e. The van der Waals surface area contributed by atoms with Gasteiger partial charge in [-0.15, -0.1) is 0 Å². The fourth-order valence-corrected chi connectivity index (χ4v) is 5.43. The van der Waals surface area contributed by atoms with Crippen LogP contribution in [0.3, 0.4) is 0 Å². The van der Waals surface area contributed by atoms with Crippen LogP contribution in [-0.4, -0.2) is 123 Å². The lowest BCUT2D eigenvalue weighted by molar-refractivity contribution is -0.342. The van der Waals surface area contributed by atoms with Gasteiger partial charge in [0.15, 0.2) is 18.7 Å². The summed E-state index contributed by atoms with van der Waals surface area (Å²) in [7, 11) is 0. The second kappa shape index (κ2) is 13.9. The van der Waals surface area contributed by atoms with Crippen molar-refractivity contribution in [1.82, 2.24) is 0 Å². The van der Waals surface area contributed by atoms with Gasteiger partial charge in [-0.3, -0.25) is 0 Å². The predicted molar refractivity (Wildman–Crippen MR) is 137 cm³/mol. The highest BCUT2D eigenvalue weighted by molar-refractivity contribution is 5.72. The van der Waals surface area contributed by atoms with E-state index in [1.807, 2.05) is 0 Å². The number of nitrogens with two attached hydrogens (primary N) is 1. The highest BCUT2D eigenvalue weighted by atomic mass is 16.7. The summed E-state index contributed by atoms with van der Waals surface area (Å²) < 4.78 is 29.3. The molecular formula is C27H41NO12. The summed E-state index contributed by atoms with van der Waals surface area (Å²) in [5.74, 6) is -1.26. The number of aliphatic hydroxyl groups is 5. The second-order valence-corrected chi connectivity index (χ2v) is 10.7. The largest absolute Gasteiger partial charge is 0.479 e. The van der Waals surface area contributed by atoms with E-state index in [1.165, 1.54) is 0 Å². The molecule has 4 rings (SSSR count). The quantitative estimate of drug-likeness (QED) is 0.173. The molecule has 2 heterocycles. The molecule has 1 saturated carbocycles. The zero-order valence-corrected chi connectivity index (χ0v) is 22.3. The Morgan fingerprint density at radius 2 is 1.50 bits per heavy atom. The number of hydrogen-bond donors (Lipinski definition) is 7. The zero-order chi connectivity index (χ0) is 29.0. The fraction of sp³-hybridized carbons (Fsp3) is 0.741. The Morgan fingerprint density at radius 1 is 0.900 bits per heavy atom. The Balaban J connectivity index is 1.46. The van der Waals surface area contributed by atoms with Crippen LogP contribution in [0, 0.1) is 0 Å². The SMILES string of the molecule is CC1OC(OC2CCCCC2OC2OC(CN)C(O)C(O[C@@H](Cc3ccccc3)C(=O)O)C2O)C(O)C(O)C1O. The van der Waals surface area contributed by atoms with E-state index in [9.17, 15) is 35.4 Å². The molecular weight excluding hydrogens is 530 g/mol. The number of aliphatic carboxylic acids is 1. The molecule has 13 atom stereocenters. The number of hydrogen-bond acceptors (Lipinski definition) is 12. The topological polar surface area (TPSA) is 211 Å². The molecule has 2 aliphatic heterocycles. The van der Waals surface area contributed by atoms with Gasteiger partial charge in [-0.05, 0) is 25.3 Å². The van der Waals surface area contributed by atoms with E-state index in [0.717, 1.165) is 12.8 Å². The minimum absolute atomic E-state index is 0.00696. The maximum atomic E-state index is 12.0. The molecule has 0 aromatic heterocycles. The van der Waals surface area contributed by atoms with E-state index < -0.39 is 85.7 Å². The minimum Gasteiger partial charge on any atom is -0.479 e. The van der Waals surface area contributed by atoms with Crippen LogP contribution in [0.5, 0.6) is 0 Å². The van der Waals surface area contributed by atoms with Gasteiger partial charge in [-0.25, -0.2) is 4.79 Å². The summed E-state index contributed by atoms with van der Waals surface area (Å²) in [6, 6.07) is 8.84. The van der Waals surface area contributed by atoms with Crippen LogP contribution >= 0.6 is 0 Å². The number of carboxylic acid groups (broad SMARTS) is 1. The van der Waals surface area contributed by atoms with Gasteiger partial charge in [0.05, 0.1) is 18.3 Å². The molecule has 40 heavy (non-hydrogen) atoms.